The third-order valence-electron chi connectivity index (χ3n) is 2.89. The van der Waals surface area contributed by atoms with Crippen molar-refractivity contribution in [1.29, 1.82) is 0 Å². The lowest BCUT2D eigenvalue weighted by Gasteiger charge is -2.12. The van der Waals surface area contributed by atoms with E-state index in [2.05, 4.69) is 0 Å². The first-order chi connectivity index (χ1) is 9.58. The zero-order chi connectivity index (χ0) is 14.7. The Morgan fingerprint density at radius 3 is 2.15 bits per heavy atom. The van der Waals surface area contributed by atoms with E-state index in [0.29, 0.717) is 11.3 Å². The summed E-state index contributed by atoms with van der Waals surface area (Å²) in [7, 11) is 2.82. The largest absolute Gasteiger partial charge is 0.508 e. The molecule has 0 aliphatic rings. The van der Waals surface area contributed by atoms with Gasteiger partial charge in [-0.3, -0.25) is 4.79 Å². The van der Waals surface area contributed by atoms with Crippen LogP contribution in [0.1, 0.15) is 15.9 Å². The van der Waals surface area contributed by atoms with Gasteiger partial charge in [-0.05, 0) is 36.4 Å². The molecule has 0 aliphatic heterocycles. The highest BCUT2D eigenvalue weighted by Crippen LogP contribution is 2.39. The number of methoxy groups -OCH3 is 2. The number of ether oxygens (including phenoxy) is 2. The van der Waals surface area contributed by atoms with Gasteiger partial charge in [0.15, 0.2) is 17.3 Å². The zero-order valence-corrected chi connectivity index (χ0v) is 11.1. The summed E-state index contributed by atoms with van der Waals surface area (Å²) in [6, 6.07) is 8.79. The van der Waals surface area contributed by atoms with Gasteiger partial charge in [-0.1, -0.05) is 0 Å². The minimum absolute atomic E-state index is 0.0677. The lowest BCUT2D eigenvalue weighted by Crippen LogP contribution is -2.03. The molecule has 0 amide bonds. The van der Waals surface area contributed by atoms with E-state index in [-0.39, 0.29) is 28.6 Å². The van der Waals surface area contributed by atoms with Gasteiger partial charge in [0.1, 0.15) is 5.75 Å². The maximum Gasteiger partial charge on any atom is 0.203 e. The molecule has 0 spiro atoms. The topological polar surface area (TPSA) is 76.0 Å². The number of rotatable bonds is 4. The standard InChI is InChI=1S/C15H14O5/c1-19-12-8-7-11(14(18)15(12)20-2)13(17)9-3-5-10(16)6-4-9/h3-8,16,18H,1-2H3. The number of carbonyl (C=O) groups is 1. The Kier molecular flexibility index (Phi) is 3.79. The van der Waals surface area contributed by atoms with Crippen molar-refractivity contribution in [2.75, 3.05) is 14.2 Å². The van der Waals surface area contributed by atoms with Crippen molar-refractivity contribution in [3.63, 3.8) is 0 Å². The number of phenols is 2. The van der Waals surface area contributed by atoms with Gasteiger partial charge in [0.2, 0.25) is 5.75 Å². The fraction of sp³-hybridized carbons (Fsp3) is 0.133. The molecular weight excluding hydrogens is 260 g/mol. The molecule has 2 aromatic rings. The number of carbonyl (C=O) groups excluding carboxylic acids is 1. The Hall–Kier alpha value is -2.69. The van der Waals surface area contributed by atoms with Crippen molar-refractivity contribution in [2.45, 2.75) is 0 Å². The Morgan fingerprint density at radius 1 is 0.950 bits per heavy atom. The molecule has 5 heteroatoms. The van der Waals surface area contributed by atoms with Crippen molar-refractivity contribution < 1.29 is 24.5 Å². The summed E-state index contributed by atoms with van der Waals surface area (Å²) in [4.78, 5) is 12.3. The second kappa shape index (κ2) is 5.52. The first-order valence-electron chi connectivity index (χ1n) is 5.86. The van der Waals surface area contributed by atoms with Crippen LogP contribution in [0, 0.1) is 0 Å². The smallest absolute Gasteiger partial charge is 0.203 e. The fourth-order valence-electron chi connectivity index (χ4n) is 1.86. The number of ketones is 1. The predicted octanol–water partition coefficient (Wildman–Crippen LogP) is 2.35. The lowest BCUT2D eigenvalue weighted by molar-refractivity contribution is 0.103. The maximum absolute atomic E-state index is 12.3. The van der Waals surface area contributed by atoms with E-state index in [1.807, 2.05) is 0 Å². The second-order valence-corrected chi connectivity index (χ2v) is 4.07. The molecule has 0 atom stereocenters. The van der Waals surface area contributed by atoms with E-state index in [0.717, 1.165) is 0 Å². The molecule has 0 bridgehead atoms. The van der Waals surface area contributed by atoms with Crippen LogP contribution in [0.5, 0.6) is 23.0 Å². The third-order valence-corrected chi connectivity index (χ3v) is 2.89. The molecule has 0 fully saturated rings. The summed E-state index contributed by atoms with van der Waals surface area (Å²) in [5.41, 5.74) is 0.457. The lowest BCUT2D eigenvalue weighted by atomic mass is 10.0. The van der Waals surface area contributed by atoms with Crippen molar-refractivity contribution in [3.05, 3.63) is 47.5 Å². The van der Waals surface area contributed by atoms with Gasteiger partial charge >= 0.3 is 0 Å². The van der Waals surface area contributed by atoms with Crippen LogP contribution in [0.15, 0.2) is 36.4 Å². The van der Waals surface area contributed by atoms with Crippen molar-refractivity contribution >= 4 is 5.78 Å². The van der Waals surface area contributed by atoms with E-state index in [1.165, 1.54) is 44.6 Å². The van der Waals surface area contributed by atoms with E-state index >= 15 is 0 Å². The zero-order valence-electron chi connectivity index (χ0n) is 11.1. The van der Waals surface area contributed by atoms with E-state index in [9.17, 15) is 15.0 Å². The third kappa shape index (κ3) is 2.38. The highest BCUT2D eigenvalue weighted by atomic mass is 16.5. The molecule has 104 valence electrons. The Balaban J connectivity index is 2.47. The van der Waals surface area contributed by atoms with Crippen LogP contribution < -0.4 is 9.47 Å². The molecule has 0 radical (unpaired) electrons. The van der Waals surface area contributed by atoms with E-state index < -0.39 is 0 Å². The van der Waals surface area contributed by atoms with Crippen LogP contribution in [-0.4, -0.2) is 30.2 Å². The second-order valence-electron chi connectivity index (χ2n) is 4.07. The van der Waals surface area contributed by atoms with Crippen molar-refractivity contribution in [2.24, 2.45) is 0 Å². The number of phenolic OH excluding ortho intramolecular Hbond substituents is 2. The predicted molar refractivity (Wildman–Crippen MR) is 72.8 cm³/mol. The summed E-state index contributed by atoms with van der Waals surface area (Å²) in [6.45, 7) is 0. The minimum Gasteiger partial charge on any atom is -0.508 e. The van der Waals surface area contributed by atoms with Crippen molar-refractivity contribution in [1.82, 2.24) is 0 Å². The van der Waals surface area contributed by atoms with Crippen molar-refractivity contribution in [3.8, 4) is 23.0 Å². The average Bonchev–Trinajstić information content (AvgIpc) is 2.47. The molecular formula is C15H14O5. The number of benzene rings is 2. The molecule has 5 nitrogen and oxygen atoms in total. The van der Waals surface area contributed by atoms with Gasteiger partial charge in [0.25, 0.3) is 0 Å². The fourth-order valence-corrected chi connectivity index (χ4v) is 1.86. The van der Waals surface area contributed by atoms with Gasteiger partial charge < -0.3 is 19.7 Å². The number of aromatic hydroxyl groups is 2. The van der Waals surface area contributed by atoms with Crippen LogP contribution in [0.4, 0.5) is 0 Å². The van der Waals surface area contributed by atoms with Gasteiger partial charge in [-0.2, -0.15) is 0 Å². The Morgan fingerprint density at radius 2 is 1.60 bits per heavy atom. The summed E-state index contributed by atoms with van der Waals surface area (Å²) in [6.07, 6.45) is 0. The van der Waals surface area contributed by atoms with Crippen LogP contribution in [-0.2, 0) is 0 Å². The van der Waals surface area contributed by atoms with E-state index in [4.69, 9.17) is 9.47 Å². The summed E-state index contributed by atoms with van der Waals surface area (Å²) in [5, 5.41) is 19.3. The highest BCUT2D eigenvalue weighted by Gasteiger charge is 2.20. The van der Waals surface area contributed by atoms with Gasteiger partial charge in [0, 0.05) is 5.56 Å². The van der Waals surface area contributed by atoms with Crippen LogP contribution in [0.25, 0.3) is 0 Å². The van der Waals surface area contributed by atoms with E-state index in [1.54, 1.807) is 6.07 Å². The summed E-state index contributed by atoms with van der Waals surface area (Å²) < 4.78 is 10.1. The molecule has 0 aromatic heterocycles. The maximum atomic E-state index is 12.3. The quantitative estimate of drug-likeness (QED) is 0.837. The molecule has 20 heavy (non-hydrogen) atoms. The Labute approximate surface area is 116 Å². The molecule has 0 saturated heterocycles. The normalized spacial score (nSPS) is 10.1. The SMILES string of the molecule is COc1ccc(C(=O)c2ccc(O)cc2)c(O)c1OC. The summed E-state index contributed by atoms with van der Waals surface area (Å²) >= 11 is 0. The molecule has 2 rings (SSSR count). The monoisotopic (exact) mass is 274 g/mol. The highest BCUT2D eigenvalue weighted by molar-refractivity contribution is 6.11. The molecule has 0 heterocycles. The van der Waals surface area contributed by atoms with Gasteiger partial charge in [0.05, 0.1) is 19.8 Å². The molecule has 0 aliphatic carbocycles. The molecule has 2 aromatic carbocycles. The average molecular weight is 274 g/mol. The Bertz CT molecular complexity index is 631. The van der Waals surface area contributed by atoms with Gasteiger partial charge in [-0.25, -0.2) is 0 Å². The molecule has 0 unspecified atom stereocenters. The molecule has 2 N–H and O–H groups in total. The molecule has 0 saturated carbocycles. The summed E-state index contributed by atoms with van der Waals surface area (Å²) in [5.74, 6) is -0.129. The first-order valence-corrected chi connectivity index (χ1v) is 5.86. The van der Waals surface area contributed by atoms with Crippen LogP contribution in [0.2, 0.25) is 0 Å². The first kappa shape index (κ1) is 13.7. The number of hydrogen-bond donors (Lipinski definition) is 2. The number of hydrogen-bond acceptors (Lipinski definition) is 5. The van der Waals surface area contributed by atoms with Gasteiger partial charge in [-0.15, -0.1) is 0 Å². The van der Waals surface area contributed by atoms with Crippen LogP contribution in [0.3, 0.4) is 0 Å². The minimum atomic E-state index is -0.372. The van der Waals surface area contributed by atoms with Crippen LogP contribution >= 0.6 is 0 Å².